The summed E-state index contributed by atoms with van der Waals surface area (Å²) in [6.07, 6.45) is 5.86. The molecule has 29 heavy (non-hydrogen) atoms. The van der Waals surface area contributed by atoms with Crippen LogP contribution in [0.2, 0.25) is 0 Å². The number of aliphatic imine (C=N–C) groups is 2. The number of halogens is 2. The van der Waals surface area contributed by atoms with Crippen molar-refractivity contribution in [3.05, 3.63) is 60.7 Å². The number of carbonyl (C=O) groups excluding carboxylic acids is 2. The second-order valence-corrected chi connectivity index (χ2v) is 5.01. The van der Waals surface area contributed by atoms with Gasteiger partial charge in [0.25, 0.3) is 0 Å². The largest absolute Gasteiger partial charge is 0.494 e. The van der Waals surface area contributed by atoms with Crippen LogP contribution < -0.4 is 9.47 Å². The molecule has 0 amide bonds. The first kappa shape index (κ1) is 29.5. The summed E-state index contributed by atoms with van der Waals surface area (Å²) < 4.78 is 11.3. The van der Waals surface area contributed by atoms with Crippen LogP contribution in [0, 0.1) is 0 Å². The first-order valence-corrected chi connectivity index (χ1v) is 15.0. The Morgan fingerprint density at radius 2 is 1.00 bits per heavy atom. The summed E-state index contributed by atoms with van der Waals surface area (Å²) >= 11 is 4.24. The highest BCUT2D eigenvalue weighted by Gasteiger charge is 1.94. The van der Waals surface area contributed by atoms with Gasteiger partial charge in [-0.1, -0.05) is 36.4 Å². The van der Waals surface area contributed by atoms with Crippen molar-refractivity contribution >= 4 is 49.4 Å². The Kier molecular flexibility index (Phi) is 26.7. The van der Waals surface area contributed by atoms with Gasteiger partial charge in [-0.25, -0.2) is 19.6 Å². The van der Waals surface area contributed by atoms with Crippen molar-refractivity contribution in [1.29, 1.82) is 0 Å². The summed E-state index contributed by atoms with van der Waals surface area (Å²) in [5.74, 6) is 1.89. The molecule has 0 fully saturated rings. The molecule has 0 aliphatic rings. The van der Waals surface area contributed by atoms with Crippen LogP contribution in [0.15, 0.2) is 70.6 Å². The molecule has 0 N–H and O–H groups in total. The maximum absolute atomic E-state index is 8.88. The van der Waals surface area contributed by atoms with Gasteiger partial charge in [-0.15, -0.1) is 0 Å². The van der Waals surface area contributed by atoms with E-state index in [0.717, 1.165) is 44.0 Å². The third-order valence-corrected chi connectivity index (χ3v) is 3.00. The summed E-state index contributed by atoms with van der Waals surface area (Å²) in [7, 11) is 2.76. The Morgan fingerprint density at radius 1 is 0.690 bits per heavy atom. The molecule has 0 aromatic heterocycles. The van der Waals surface area contributed by atoms with Crippen LogP contribution in [-0.2, 0) is 9.59 Å². The van der Waals surface area contributed by atoms with Crippen molar-refractivity contribution in [2.45, 2.75) is 19.3 Å². The number of hydrogen-bond donors (Lipinski definition) is 0. The van der Waals surface area contributed by atoms with Crippen LogP contribution in [0.3, 0.4) is 0 Å². The Bertz CT molecular complexity index is 616. The van der Waals surface area contributed by atoms with Gasteiger partial charge in [0, 0.05) is 51.3 Å². The molecule has 2 aromatic rings. The summed E-state index contributed by atoms with van der Waals surface area (Å²) in [5, 5.41) is 0. The quantitative estimate of drug-likeness (QED) is 0.157. The molecule has 0 bridgehead atoms. The predicted molar refractivity (Wildman–Crippen MR) is 134 cm³/mol. The van der Waals surface area contributed by atoms with Crippen molar-refractivity contribution in [2.24, 2.45) is 9.98 Å². The minimum absolute atomic E-state index is 0.773. The van der Waals surface area contributed by atoms with E-state index in [0.29, 0.717) is 0 Å². The van der Waals surface area contributed by atoms with Gasteiger partial charge in [-0.2, -0.15) is 0 Å². The molecular formula is C21H26I2N2O4. The van der Waals surface area contributed by atoms with Crippen molar-refractivity contribution in [3.63, 3.8) is 0 Å². The third-order valence-electron chi connectivity index (χ3n) is 3.00. The van der Waals surface area contributed by atoms with Gasteiger partial charge in [0.2, 0.25) is 12.2 Å². The van der Waals surface area contributed by atoms with Gasteiger partial charge in [0.1, 0.15) is 11.5 Å². The summed E-state index contributed by atoms with van der Waals surface area (Å²) in [4.78, 5) is 23.6. The van der Waals surface area contributed by atoms with Crippen molar-refractivity contribution in [1.82, 2.24) is 0 Å². The van der Waals surface area contributed by atoms with Crippen LogP contribution in [0.25, 0.3) is 0 Å². The molecule has 0 heterocycles. The molecule has 0 saturated carbocycles. The lowest BCUT2D eigenvalue weighted by Gasteiger charge is -2.07. The first-order valence-electron chi connectivity index (χ1n) is 8.70. The molecule has 0 saturated heterocycles. The monoisotopic (exact) mass is 624 g/mol. The van der Waals surface area contributed by atoms with E-state index in [1.807, 2.05) is 60.7 Å². The highest BCUT2D eigenvalue weighted by molar-refractivity contribution is 15.0. The van der Waals surface area contributed by atoms with E-state index in [1.165, 1.54) is 26.3 Å². The van der Waals surface area contributed by atoms with Gasteiger partial charge in [0.05, 0.1) is 13.2 Å². The van der Waals surface area contributed by atoms with Gasteiger partial charge in [0.15, 0.2) is 0 Å². The molecular weight excluding hydrogens is 598 g/mol. The molecule has 2 aromatic carbocycles. The molecule has 6 nitrogen and oxygen atoms in total. The smallest absolute Gasteiger partial charge is 0.234 e. The number of ether oxygens (including phenoxy) is 2. The van der Waals surface area contributed by atoms with Crippen LogP contribution in [0.1, 0.15) is 19.3 Å². The average molecular weight is 624 g/mol. The van der Waals surface area contributed by atoms with E-state index in [-0.39, 0.29) is 0 Å². The Labute approximate surface area is 196 Å². The van der Waals surface area contributed by atoms with Crippen molar-refractivity contribution in [2.75, 3.05) is 27.3 Å². The lowest BCUT2D eigenvalue weighted by Crippen LogP contribution is -2.00. The number of para-hydroxylation sites is 2. The lowest BCUT2D eigenvalue weighted by molar-refractivity contribution is 0.279. The topological polar surface area (TPSA) is 77.3 Å². The number of hydrogen-bond acceptors (Lipinski definition) is 6. The fraction of sp³-hybridized carbons (Fsp3) is 0.333. The molecule has 0 aliphatic carbocycles. The Balaban J connectivity index is 0. The summed E-state index contributed by atoms with van der Waals surface area (Å²) in [5.41, 5.74) is 0. The standard InChI is InChI=1S/C17H20O2.2C2H3NO.I2/c1-4-10-16(11-5-1)18-14-8-3-9-15-19-17-12-6-2-7-13-17;2*1-3-2-4;1-2/h1-2,4-7,10-13H,3,8-9,14-15H2;2*1H3;. The molecule has 0 radical (unpaired) electrons. The zero-order valence-electron chi connectivity index (χ0n) is 16.6. The maximum atomic E-state index is 8.88. The Hall–Kier alpha value is -1.74. The third kappa shape index (κ3) is 22.4. The summed E-state index contributed by atoms with van der Waals surface area (Å²) in [6.45, 7) is 1.55. The normalized spacial score (nSPS) is 8.00. The number of nitrogens with zero attached hydrogens (tertiary/aromatic N) is 2. The van der Waals surface area contributed by atoms with Gasteiger partial charge >= 0.3 is 0 Å². The summed E-state index contributed by atoms with van der Waals surface area (Å²) in [6, 6.07) is 19.9. The van der Waals surface area contributed by atoms with Crippen LogP contribution in [0.4, 0.5) is 0 Å². The van der Waals surface area contributed by atoms with E-state index in [9.17, 15) is 0 Å². The fourth-order valence-electron chi connectivity index (χ4n) is 1.79. The molecule has 2 rings (SSSR count). The van der Waals surface area contributed by atoms with Crippen LogP contribution in [-0.4, -0.2) is 39.5 Å². The predicted octanol–water partition coefficient (Wildman–Crippen LogP) is 5.99. The molecule has 0 unspecified atom stereocenters. The minimum Gasteiger partial charge on any atom is -0.494 e. The van der Waals surface area contributed by atoms with E-state index in [4.69, 9.17) is 19.1 Å². The molecule has 0 aliphatic heterocycles. The number of isocyanates is 2. The molecule has 8 heteroatoms. The van der Waals surface area contributed by atoms with E-state index in [2.05, 4.69) is 47.2 Å². The molecule has 0 spiro atoms. The second kappa shape index (κ2) is 26.3. The second-order valence-electron chi connectivity index (χ2n) is 5.01. The van der Waals surface area contributed by atoms with E-state index in [1.54, 1.807) is 0 Å². The number of rotatable bonds is 8. The maximum Gasteiger partial charge on any atom is 0.234 e. The fourth-order valence-corrected chi connectivity index (χ4v) is 1.79. The zero-order chi connectivity index (χ0) is 22.0. The lowest BCUT2D eigenvalue weighted by atomic mass is 10.2. The number of unbranched alkanes of at least 4 members (excludes halogenated alkanes) is 2. The SMILES string of the molecule is CN=C=O.CN=C=O.II.c1ccc(OCCCCCOc2ccccc2)cc1. The Morgan fingerprint density at radius 3 is 1.28 bits per heavy atom. The van der Waals surface area contributed by atoms with Crippen LogP contribution >= 0.6 is 37.2 Å². The van der Waals surface area contributed by atoms with Crippen molar-refractivity contribution < 1.29 is 19.1 Å². The zero-order valence-corrected chi connectivity index (χ0v) is 20.9. The average Bonchev–Trinajstić information content (AvgIpc) is 2.81. The molecule has 158 valence electrons. The number of benzene rings is 2. The highest BCUT2D eigenvalue weighted by atomic mass is 128. The van der Waals surface area contributed by atoms with Crippen molar-refractivity contribution in [3.8, 4) is 11.5 Å². The van der Waals surface area contributed by atoms with E-state index < -0.39 is 0 Å². The molecule has 0 atom stereocenters. The van der Waals surface area contributed by atoms with Gasteiger partial charge < -0.3 is 9.47 Å². The van der Waals surface area contributed by atoms with Crippen LogP contribution in [0.5, 0.6) is 11.5 Å². The van der Waals surface area contributed by atoms with E-state index >= 15 is 0 Å². The first-order chi connectivity index (χ1) is 14.3. The van der Waals surface area contributed by atoms with Gasteiger partial charge in [-0.05, 0) is 43.5 Å². The minimum atomic E-state index is 0.773. The van der Waals surface area contributed by atoms with Gasteiger partial charge in [-0.3, -0.25) is 0 Å². The highest BCUT2D eigenvalue weighted by Crippen LogP contribution is 2.11.